The Morgan fingerprint density at radius 3 is 1.90 bits per heavy atom. The lowest BCUT2D eigenvalue weighted by atomic mass is 9.48. The average molecular weight is 519 g/mol. The molecule has 0 bridgehead atoms. The van der Waals surface area contributed by atoms with Gasteiger partial charge in [0.1, 0.15) is 0 Å². The summed E-state index contributed by atoms with van der Waals surface area (Å²) in [7, 11) is 0. The largest absolute Gasteiger partial charge is 0.375 e. The summed E-state index contributed by atoms with van der Waals surface area (Å²) in [6.45, 7) is 19.7. The van der Waals surface area contributed by atoms with Gasteiger partial charge >= 0.3 is 6.85 Å². The van der Waals surface area contributed by atoms with Crippen LogP contribution in [0.25, 0.3) is 44.5 Å². The van der Waals surface area contributed by atoms with Crippen molar-refractivity contribution in [3.05, 3.63) is 118 Å². The van der Waals surface area contributed by atoms with Crippen LogP contribution in [0.1, 0.15) is 46.0 Å². The molecular weight excluding hydrogens is 483 g/mol. The van der Waals surface area contributed by atoms with Gasteiger partial charge in [-0.25, -0.2) is 0 Å². The molecule has 0 fully saturated rings. The molecule has 0 saturated heterocycles. The smallest absolute Gasteiger partial charge is 0.332 e. The minimum atomic E-state index is 0.0561. The molecule has 196 valence electrons. The summed E-state index contributed by atoms with van der Waals surface area (Å²) in [5, 5.41) is 4.01. The van der Waals surface area contributed by atoms with Gasteiger partial charge in [-0.05, 0) is 101 Å². The Morgan fingerprint density at radius 2 is 1.27 bits per heavy atom. The minimum Gasteiger partial charge on any atom is -0.375 e. The van der Waals surface area contributed by atoms with Crippen molar-refractivity contribution >= 4 is 56.6 Å². The fourth-order valence-corrected chi connectivity index (χ4v) is 7.43. The predicted molar refractivity (Wildman–Crippen MR) is 175 cm³/mol. The third-order valence-corrected chi connectivity index (χ3v) is 8.90. The fourth-order valence-electron chi connectivity index (χ4n) is 7.43. The fraction of sp³-hybridized carbons (Fsp3) is 0.189. The summed E-state index contributed by atoms with van der Waals surface area (Å²) >= 11 is 0. The van der Waals surface area contributed by atoms with Crippen molar-refractivity contribution in [3.63, 3.8) is 0 Å². The topological polar surface area (TPSA) is 9.86 Å². The molecule has 7 rings (SSSR count). The normalized spacial score (nSPS) is 13.1. The number of fused-ring (bicyclic) bond motifs is 5. The molecule has 0 N–H and O–H groups in total. The number of para-hydroxylation sites is 1. The molecule has 2 nitrogen and oxygen atoms in total. The van der Waals surface area contributed by atoms with Gasteiger partial charge in [0.05, 0.1) is 5.52 Å². The second-order valence-electron chi connectivity index (χ2n) is 12.0. The molecule has 0 unspecified atom stereocenters. The van der Waals surface area contributed by atoms with Crippen LogP contribution < -0.4 is 10.9 Å². The van der Waals surface area contributed by atoms with Crippen molar-refractivity contribution in [1.82, 2.24) is 9.05 Å². The summed E-state index contributed by atoms with van der Waals surface area (Å²) in [5.41, 5.74) is 18.3. The Labute approximate surface area is 237 Å². The Kier molecular flexibility index (Phi) is 5.35. The predicted octanol–water partition coefficient (Wildman–Crippen LogP) is 8.15. The zero-order chi connectivity index (χ0) is 28.0. The monoisotopic (exact) mass is 518 g/mol. The first-order valence-corrected chi connectivity index (χ1v) is 14.3. The first kappa shape index (κ1) is 24.8. The molecule has 3 heterocycles. The lowest BCUT2D eigenvalue weighted by Gasteiger charge is -2.29. The second kappa shape index (κ2) is 8.63. The van der Waals surface area contributed by atoms with Crippen LogP contribution in [0.4, 0.5) is 0 Å². The van der Waals surface area contributed by atoms with E-state index in [2.05, 4.69) is 131 Å². The Morgan fingerprint density at radius 1 is 0.700 bits per heavy atom. The highest BCUT2D eigenvalue weighted by molar-refractivity contribution is 6.88. The van der Waals surface area contributed by atoms with E-state index in [9.17, 15) is 0 Å². The van der Waals surface area contributed by atoms with Crippen LogP contribution in [-0.4, -0.2) is 15.9 Å². The molecule has 3 heteroatoms. The number of hydrogen-bond acceptors (Lipinski definition) is 0. The number of benzene rings is 4. The number of aryl methyl sites for hydroxylation is 5. The molecule has 0 saturated carbocycles. The molecule has 0 spiro atoms. The number of allylic oxidation sites excluding steroid dienone is 2. The van der Waals surface area contributed by atoms with Crippen LogP contribution >= 0.6 is 0 Å². The quantitative estimate of drug-likeness (QED) is 0.165. The van der Waals surface area contributed by atoms with E-state index in [0.29, 0.717) is 0 Å². The van der Waals surface area contributed by atoms with E-state index >= 15 is 0 Å². The second-order valence-corrected chi connectivity index (χ2v) is 12.0. The molecule has 0 aliphatic carbocycles. The number of hydrogen-bond donors (Lipinski definition) is 0. The van der Waals surface area contributed by atoms with Crippen LogP contribution in [0.3, 0.4) is 0 Å². The molecule has 0 atom stereocenters. The van der Waals surface area contributed by atoms with Crippen molar-refractivity contribution in [1.29, 1.82) is 0 Å². The van der Waals surface area contributed by atoms with Crippen molar-refractivity contribution in [2.75, 3.05) is 0 Å². The van der Waals surface area contributed by atoms with Gasteiger partial charge in [0, 0.05) is 44.1 Å². The van der Waals surface area contributed by atoms with E-state index < -0.39 is 0 Å². The minimum absolute atomic E-state index is 0.0561. The van der Waals surface area contributed by atoms with Crippen LogP contribution in [0.2, 0.25) is 0 Å². The van der Waals surface area contributed by atoms with Gasteiger partial charge in [0.15, 0.2) is 0 Å². The maximum Gasteiger partial charge on any atom is 0.332 e. The van der Waals surface area contributed by atoms with E-state index in [1.165, 1.54) is 94.0 Å². The number of rotatable bonds is 3. The number of aromatic nitrogens is 2. The van der Waals surface area contributed by atoms with E-state index in [1.807, 2.05) is 6.08 Å². The lowest BCUT2D eigenvalue weighted by Crippen LogP contribution is -2.53. The summed E-state index contributed by atoms with van der Waals surface area (Å²) < 4.78 is 5.16. The SMILES string of the molecule is C=C/C(C)=C\c1c(C)n2c3c(cc(C)cc13)B(n1c3c(C)cc(C)cc3c3cc(C)cc(C)c31)c1ccccc1-2. The van der Waals surface area contributed by atoms with Gasteiger partial charge in [-0.15, -0.1) is 0 Å². The van der Waals surface area contributed by atoms with Gasteiger partial charge in [-0.3, -0.25) is 0 Å². The van der Waals surface area contributed by atoms with E-state index in [0.717, 1.165) is 0 Å². The highest BCUT2D eigenvalue weighted by Gasteiger charge is 2.37. The average Bonchev–Trinajstić information content (AvgIpc) is 3.37. The van der Waals surface area contributed by atoms with Gasteiger partial charge in [-0.2, -0.15) is 0 Å². The molecule has 2 aromatic heterocycles. The Bertz CT molecular complexity index is 2030. The van der Waals surface area contributed by atoms with Crippen molar-refractivity contribution in [2.24, 2.45) is 0 Å². The van der Waals surface area contributed by atoms with Gasteiger partial charge in [-0.1, -0.05) is 71.3 Å². The Balaban J connectivity index is 1.72. The summed E-state index contributed by atoms with van der Waals surface area (Å²) in [4.78, 5) is 0. The van der Waals surface area contributed by atoms with E-state index in [-0.39, 0.29) is 6.85 Å². The summed E-state index contributed by atoms with van der Waals surface area (Å²) in [6.07, 6.45) is 4.25. The third kappa shape index (κ3) is 3.30. The maximum absolute atomic E-state index is 4.03. The molecule has 0 radical (unpaired) electrons. The van der Waals surface area contributed by atoms with Crippen LogP contribution in [-0.2, 0) is 0 Å². The molecular formula is C37H35BN2. The first-order valence-electron chi connectivity index (χ1n) is 14.3. The molecule has 1 aliphatic rings. The first-order chi connectivity index (χ1) is 19.2. The van der Waals surface area contributed by atoms with Crippen molar-refractivity contribution in [3.8, 4) is 5.69 Å². The van der Waals surface area contributed by atoms with Gasteiger partial charge in [0.2, 0.25) is 0 Å². The third-order valence-electron chi connectivity index (χ3n) is 8.90. The molecule has 6 aromatic rings. The van der Waals surface area contributed by atoms with E-state index in [4.69, 9.17) is 0 Å². The van der Waals surface area contributed by atoms with Gasteiger partial charge < -0.3 is 9.05 Å². The highest BCUT2D eigenvalue weighted by Crippen LogP contribution is 2.38. The van der Waals surface area contributed by atoms with Crippen LogP contribution in [0, 0.1) is 41.5 Å². The van der Waals surface area contributed by atoms with Gasteiger partial charge in [0.25, 0.3) is 0 Å². The lowest BCUT2D eigenvalue weighted by molar-refractivity contribution is 1.05. The van der Waals surface area contributed by atoms with Crippen molar-refractivity contribution in [2.45, 2.75) is 48.5 Å². The molecule has 1 aliphatic heterocycles. The molecule has 40 heavy (non-hydrogen) atoms. The summed E-state index contributed by atoms with van der Waals surface area (Å²) in [5.74, 6) is 0. The zero-order valence-corrected chi connectivity index (χ0v) is 24.6. The maximum atomic E-state index is 4.03. The van der Waals surface area contributed by atoms with Crippen LogP contribution in [0.15, 0.2) is 78.9 Å². The Hall–Kier alpha value is -4.24. The highest BCUT2D eigenvalue weighted by atomic mass is 15.0. The standard InChI is InChI=1S/C37H35BN2/c1-9-21(2)16-28-27(8)39-34-13-11-10-12-32(34)38(33-20-24(5)19-29(28)37(33)39)40-35-25(6)14-22(3)17-30(35)31-18-23(4)15-26(7)36(31)40/h9-20H,1H2,2-8H3/b21-16-. The molecule has 4 aromatic carbocycles. The summed E-state index contributed by atoms with van der Waals surface area (Å²) in [6, 6.07) is 23.3. The van der Waals surface area contributed by atoms with Crippen molar-refractivity contribution < 1.29 is 0 Å². The van der Waals surface area contributed by atoms with E-state index in [1.54, 1.807) is 0 Å². The molecule has 0 amide bonds. The number of nitrogens with zero attached hydrogens (tertiary/aromatic N) is 2. The zero-order valence-electron chi connectivity index (χ0n) is 24.6. The van der Waals surface area contributed by atoms with Crippen LogP contribution in [0.5, 0.6) is 0 Å².